The Hall–Kier alpha value is -1.12. The third-order valence-electron chi connectivity index (χ3n) is 2.62. The lowest BCUT2D eigenvalue weighted by Crippen LogP contribution is -1.90. The number of hydrogen-bond acceptors (Lipinski definition) is 3. The molecular formula is C10H14N2O. The molecule has 0 aromatic carbocycles. The van der Waals surface area contributed by atoms with Gasteiger partial charge in [-0.15, -0.1) is 6.58 Å². The van der Waals surface area contributed by atoms with Gasteiger partial charge in [0.15, 0.2) is 5.82 Å². The zero-order chi connectivity index (χ0) is 9.47. The first-order valence-electron chi connectivity index (χ1n) is 4.57. The SMILES string of the molecule is C=CCc1noc([C@H]2CC2(C)C)n1. The lowest BCUT2D eigenvalue weighted by Gasteiger charge is -1.95. The molecule has 0 aliphatic heterocycles. The topological polar surface area (TPSA) is 38.9 Å². The highest BCUT2D eigenvalue weighted by Gasteiger charge is 2.50. The summed E-state index contributed by atoms with van der Waals surface area (Å²) in [7, 11) is 0. The molecule has 0 amide bonds. The number of rotatable bonds is 3. The van der Waals surface area contributed by atoms with E-state index in [1.807, 2.05) is 0 Å². The summed E-state index contributed by atoms with van der Waals surface area (Å²) < 4.78 is 5.17. The fraction of sp³-hybridized carbons (Fsp3) is 0.600. The average molecular weight is 178 g/mol. The van der Waals surface area contributed by atoms with Gasteiger partial charge in [-0.3, -0.25) is 0 Å². The molecule has 1 aromatic heterocycles. The van der Waals surface area contributed by atoms with Crippen molar-refractivity contribution < 1.29 is 4.52 Å². The third kappa shape index (κ3) is 1.50. The molecule has 70 valence electrons. The van der Waals surface area contributed by atoms with E-state index in [4.69, 9.17) is 4.52 Å². The molecule has 1 atom stereocenters. The van der Waals surface area contributed by atoms with Crippen molar-refractivity contribution in [3.8, 4) is 0 Å². The lowest BCUT2D eigenvalue weighted by atomic mass is 10.1. The van der Waals surface area contributed by atoms with E-state index in [0.717, 1.165) is 18.1 Å². The first kappa shape index (κ1) is 8.48. The van der Waals surface area contributed by atoms with Gasteiger partial charge < -0.3 is 4.52 Å². The van der Waals surface area contributed by atoms with Crippen LogP contribution in [0.15, 0.2) is 17.2 Å². The second kappa shape index (κ2) is 2.69. The van der Waals surface area contributed by atoms with E-state index in [9.17, 15) is 0 Å². The molecule has 1 fully saturated rings. The Morgan fingerprint density at radius 1 is 1.69 bits per heavy atom. The summed E-state index contributed by atoms with van der Waals surface area (Å²) in [5.74, 6) is 2.01. The van der Waals surface area contributed by atoms with Crippen molar-refractivity contribution in [3.05, 3.63) is 24.4 Å². The van der Waals surface area contributed by atoms with Gasteiger partial charge in [-0.25, -0.2) is 0 Å². The van der Waals surface area contributed by atoms with Gasteiger partial charge in [-0.05, 0) is 11.8 Å². The van der Waals surface area contributed by atoms with Gasteiger partial charge in [0.1, 0.15) is 0 Å². The maximum absolute atomic E-state index is 5.17. The second-order valence-corrected chi connectivity index (χ2v) is 4.29. The number of nitrogens with zero attached hydrogens (tertiary/aromatic N) is 2. The molecule has 0 N–H and O–H groups in total. The van der Waals surface area contributed by atoms with Crippen LogP contribution in [-0.4, -0.2) is 10.1 Å². The Morgan fingerprint density at radius 3 is 2.92 bits per heavy atom. The highest BCUT2D eigenvalue weighted by molar-refractivity contribution is 5.13. The minimum Gasteiger partial charge on any atom is -0.339 e. The van der Waals surface area contributed by atoms with Crippen molar-refractivity contribution in [2.24, 2.45) is 5.41 Å². The molecule has 0 radical (unpaired) electrons. The van der Waals surface area contributed by atoms with E-state index in [0.29, 0.717) is 17.8 Å². The molecule has 0 saturated heterocycles. The standard InChI is InChI=1S/C10H14N2O/c1-4-5-8-11-9(13-12-8)7-6-10(7,2)3/h4,7H,1,5-6H2,2-3H3/t7-/m1/s1. The van der Waals surface area contributed by atoms with Gasteiger partial charge in [-0.2, -0.15) is 4.98 Å². The minimum atomic E-state index is 0.359. The van der Waals surface area contributed by atoms with Crippen LogP contribution >= 0.6 is 0 Å². The first-order valence-corrected chi connectivity index (χ1v) is 4.57. The molecule has 2 rings (SSSR count). The molecule has 1 aliphatic rings. The van der Waals surface area contributed by atoms with E-state index in [-0.39, 0.29) is 0 Å². The Bertz CT molecular complexity index is 327. The fourth-order valence-corrected chi connectivity index (χ4v) is 1.51. The summed E-state index contributed by atoms with van der Waals surface area (Å²) in [5.41, 5.74) is 0.359. The highest BCUT2D eigenvalue weighted by atomic mass is 16.5. The van der Waals surface area contributed by atoms with Gasteiger partial charge >= 0.3 is 0 Å². The second-order valence-electron chi connectivity index (χ2n) is 4.29. The summed E-state index contributed by atoms with van der Waals surface area (Å²) in [4.78, 5) is 4.31. The monoisotopic (exact) mass is 178 g/mol. The van der Waals surface area contributed by atoms with Crippen LogP contribution in [0.25, 0.3) is 0 Å². The highest BCUT2D eigenvalue weighted by Crippen LogP contribution is 2.57. The maximum Gasteiger partial charge on any atom is 0.230 e. The van der Waals surface area contributed by atoms with Crippen molar-refractivity contribution in [2.45, 2.75) is 32.6 Å². The van der Waals surface area contributed by atoms with Crippen LogP contribution in [0, 0.1) is 5.41 Å². The van der Waals surface area contributed by atoms with Crippen LogP contribution in [0.3, 0.4) is 0 Å². The Balaban J connectivity index is 2.11. The maximum atomic E-state index is 5.17. The predicted molar refractivity (Wildman–Crippen MR) is 49.3 cm³/mol. The molecule has 13 heavy (non-hydrogen) atoms. The summed E-state index contributed by atoms with van der Waals surface area (Å²) >= 11 is 0. The largest absolute Gasteiger partial charge is 0.339 e. The van der Waals surface area contributed by atoms with Crippen molar-refractivity contribution in [1.82, 2.24) is 10.1 Å². The van der Waals surface area contributed by atoms with Crippen molar-refractivity contribution >= 4 is 0 Å². The van der Waals surface area contributed by atoms with Crippen LogP contribution in [0.1, 0.15) is 37.9 Å². The molecule has 1 saturated carbocycles. The zero-order valence-corrected chi connectivity index (χ0v) is 8.08. The predicted octanol–water partition coefficient (Wildman–Crippen LogP) is 2.31. The number of hydrogen-bond donors (Lipinski definition) is 0. The quantitative estimate of drug-likeness (QED) is 0.667. The van der Waals surface area contributed by atoms with Crippen LogP contribution in [-0.2, 0) is 6.42 Å². The van der Waals surface area contributed by atoms with E-state index in [2.05, 4.69) is 30.6 Å². The zero-order valence-electron chi connectivity index (χ0n) is 8.08. The van der Waals surface area contributed by atoms with Gasteiger partial charge in [-0.1, -0.05) is 25.1 Å². The Labute approximate surface area is 77.8 Å². The van der Waals surface area contributed by atoms with Crippen molar-refractivity contribution in [2.75, 3.05) is 0 Å². The number of aromatic nitrogens is 2. The van der Waals surface area contributed by atoms with Gasteiger partial charge in [0.2, 0.25) is 5.89 Å². The molecule has 1 aliphatic carbocycles. The molecule has 3 nitrogen and oxygen atoms in total. The third-order valence-corrected chi connectivity index (χ3v) is 2.62. The first-order chi connectivity index (χ1) is 6.13. The van der Waals surface area contributed by atoms with Gasteiger partial charge in [0.05, 0.1) is 0 Å². The summed E-state index contributed by atoms with van der Waals surface area (Å²) in [6.07, 6.45) is 3.63. The minimum absolute atomic E-state index is 0.359. The van der Waals surface area contributed by atoms with Gasteiger partial charge in [0.25, 0.3) is 0 Å². The molecule has 0 bridgehead atoms. The van der Waals surface area contributed by atoms with Crippen molar-refractivity contribution in [3.63, 3.8) is 0 Å². The number of allylic oxidation sites excluding steroid dienone is 1. The summed E-state index contributed by atoms with van der Waals surface area (Å²) in [6.45, 7) is 8.07. The van der Waals surface area contributed by atoms with Crippen LogP contribution in [0.5, 0.6) is 0 Å². The molecular weight excluding hydrogens is 164 g/mol. The normalized spacial score (nSPS) is 24.3. The average Bonchev–Trinajstić information content (AvgIpc) is 2.52. The summed E-state index contributed by atoms with van der Waals surface area (Å²) in [5, 5.41) is 3.88. The van der Waals surface area contributed by atoms with E-state index in [1.54, 1.807) is 6.08 Å². The fourth-order valence-electron chi connectivity index (χ4n) is 1.51. The van der Waals surface area contributed by atoms with Gasteiger partial charge in [0, 0.05) is 12.3 Å². The molecule has 1 aromatic rings. The molecule has 0 unspecified atom stereocenters. The lowest BCUT2D eigenvalue weighted by molar-refractivity contribution is 0.364. The van der Waals surface area contributed by atoms with E-state index in [1.165, 1.54) is 0 Å². The van der Waals surface area contributed by atoms with Crippen molar-refractivity contribution in [1.29, 1.82) is 0 Å². The Kier molecular flexibility index (Phi) is 1.75. The molecule has 0 spiro atoms. The molecule has 3 heteroatoms. The van der Waals surface area contributed by atoms with Crippen LogP contribution < -0.4 is 0 Å². The molecule has 1 heterocycles. The van der Waals surface area contributed by atoms with E-state index < -0.39 is 0 Å². The van der Waals surface area contributed by atoms with Crippen LogP contribution in [0.4, 0.5) is 0 Å². The Morgan fingerprint density at radius 2 is 2.38 bits per heavy atom. The summed E-state index contributed by atoms with van der Waals surface area (Å²) in [6, 6.07) is 0. The van der Waals surface area contributed by atoms with Crippen LogP contribution in [0.2, 0.25) is 0 Å². The van der Waals surface area contributed by atoms with E-state index >= 15 is 0 Å². The smallest absolute Gasteiger partial charge is 0.230 e.